The van der Waals surface area contributed by atoms with Crippen molar-refractivity contribution >= 4 is 40.5 Å². The summed E-state index contributed by atoms with van der Waals surface area (Å²) in [4.78, 5) is 79.7. The van der Waals surface area contributed by atoms with Crippen LogP contribution in [-0.4, -0.2) is 149 Å². The van der Waals surface area contributed by atoms with Crippen LogP contribution in [0.2, 0.25) is 0 Å². The largest absolute Gasteiger partial charge is 0.464 e. The third kappa shape index (κ3) is 11.2. The smallest absolute Gasteiger partial charge is 0.324 e. The predicted molar refractivity (Wildman–Crippen MR) is 268 cm³/mol. The fraction of sp³-hybridized carbons (Fsp3) is 0.519. The Balaban J connectivity index is 1.26. The molecule has 0 radical (unpaired) electrons. The third-order valence-electron chi connectivity index (χ3n) is 13.6. The fourth-order valence-corrected chi connectivity index (χ4v) is 10.2. The molecule has 3 N–H and O–H groups in total. The average Bonchev–Trinajstić information content (AvgIpc) is 3.87. The first kappa shape index (κ1) is 51.7. The number of β-amino-alcohol motifs (C(OH)–C–C–N with tert-alkyl or cyclic N) is 1. The van der Waals surface area contributed by atoms with Crippen molar-refractivity contribution in [3.8, 4) is 34.2 Å². The van der Waals surface area contributed by atoms with E-state index in [0.717, 1.165) is 55.7 Å². The zero-order valence-corrected chi connectivity index (χ0v) is 42.5. The number of likely N-dealkylation sites (N-methyl/N-ethyl adjacent to an activating group) is 1. The molecule has 2 aromatic carbocycles. The van der Waals surface area contributed by atoms with E-state index >= 15 is 0 Å². The number of likely N-dealkylation sites (tertiary alicyclic amines) is 1. The zero-order chi connectivity index (χ0) is 50.7. The van der Waals surface area contributed by atoms with Gasteiger partial charge in [-0.2, -0.15) is 0 Å². The number of hydrogen-bond donors (Lipinski definition) is 3. The number of aliphatic hydroxyl groups is 1. The van der Waals surface area contributed by atoms with Crippen LogP contribution in [0, 0.1) is 30.1 Å². The maximum atomic E-state index is 14.8. The van der Waals surface area contributed by atoms with Crippen LogP contribution in [0.3, 0.4) is 0 Å². The Bertz CT molecular complexity index is 2700. The van der Waals surface area contributed by atoms with Crippen LogP contribution in [-0.2, 0) is 59.4 Å². The molecule has 2 aromatic heterocycles. The van der Waals surface area contributed by atoms with Gasteiger partial charge in [-0.1, -0.05) is 63.4 Å². The summed E-state index contributed by atoms with van der Waals surface area (Å²) in [6, 6.07) is 13.6. The molecule has 2 fully saturated rings. The topological polar surface area (TPSA) is 179 Å². The number of hydrogen-bond acceptors (Lipinski definition) is 11. The Kier molecular flexibility index (Phi) is 15.9. The van der Waals surface area contributed by atoms with Crippen LogP contribution in [0.1, 0.15) is 76.3 Å². The lowest BCUT2D eigenvalue weighted by Crippen LogP contribution is -2.63. The first-order chi connectivity index (χ1) is 33.2. The Morgan fingerprint density at radius 2 is 1.84 bits per heavy atom. The normalized spacial score (nSPS) is 21.0. The maximum absolute atomic E-state index is 14.8. The number of amides is 4. The van der Waals surface area contributed by atoms with E-state index < -0.39 is 64.7 Å². The molecule has 3 aliphatic rings. The number of rotatable bonds is 10. The molecule has 374 valence electrons. The van der Waals surface area contributed by atoms with Gasteiger partial charge in [-0.15, -0.1) is 0 Å². The van der Waals surface area contributed by atoms with Crippen molar-refractivity contribution in [1.82, 2.24) is 40.0 Å². The molecule has 16 nitrogen and oxygen atoms in total. The van der Waals surface area contributed by atoms with Gasteiger partial charge in [0.25, 0.3) is 17.7 Å². The molecule has 4 aromatic rings. The van der Waals surface area contributed by atoms with Gasteiger partial charge >= 0.3 is 5.97 Å². The molecule has 5 heterocycles. The van der Waals surface area contributed by atoms with Crippen LogP contribution in [0.4, 0.5) is 0 Å². The second-order valence-corrected chi connectivity index (χ2v) is 20.6. The molecular weight excluding hydrogens is 889 g/mol. The molecule has 16 heteroatoms. The van der Waals surface area contributed by atoms with Gasteiger partial charge < -0.3 is 34.3 Å². The fourth-order valence-electron chi connectivity index (χ4n) is 10.2. The highest BCUT2D eigenvalue weighted by molar-refractivity contribution is 5.98. The lowest BCUT2D eigenvalue weighted by molar-refractivity contribution is -0.156. The number of aryl methyl sites for hydroxylation is 2. The molecule has 7 rings (SSSR count). The van der Waals surface area contributed by atoms with Gasteiger partial charge in [0.05, 0.1) is 37.7 Å². The standard InChI is InChI=1S/C54H70N8O8/c1-11-61-45-19-18-37-29-40(45)41(48(61)39-15-12-21-55-44(39)31-69-10)30-53(5,6)33-70-51(66)42-16-13-23-62(57-42)50(65)43(28-36-25-35(4)26-38(37)27-36)56-49(64)47(34(2)3)59(9)52(67)54(68)20-24-60(32-54)46(63)17-14-22-58(7)8/h12,15,18-19,21,25-27,29,34,42-43,47,57,68H,11,13,16,20,22-24,28,30-33H2,1-10H3,(H,56,64)/t42-,43-,47-,54?/m0/s1. The van der Waals surface area contributed by atoms with Crippen LogP contribution in [0.25, 0.3) is 33.3 Å². The van der Waals surface area contributed by atoms with E-state index in [1.807, 2.05) is 38.1 Å². The van der Waals surface area contributed by atoms with Gasteiger partial charge in [-0.05, 0) is 106 Å². The summed E-state index contributed by atoms with van der Waals surface area (Å²) in [6.07, 6.45) is 3.37. The summed E-state index contributed by atoms with van der Waals surface area (Å²) in [6.45, 7) is 13.6. The number of esters is 1. The number of hydrazine groups is 1. The number of carbonyl (C=O) groups is 5. The predicted octanol–water partition coefficient (Wildman–Crippen LogP) is 4.50. The molecule has 0 aliphatic carbocycles. The number of methoxy groups -OCH3 is 1. The average molecular weight is 959 g/mol. The number of fused-ring (bicyclic) bond motifs is 6. The van der Waals surface area contributed by atoms with Crippen molar-refractivity contribution in [1.29, 1.82) is 0 Å². The molecular formula is C54H70N8O8. The van der Waals surface area contributed by atoms with Crippen LogP contribution in [0.15, 0.2) is 54.7 Å². The minimum absolute atomic E-state index is 0.0259. The summed E-state index contributed by atoms with van der Waals surface area (Å²) >= 11 is 0. The first-order valence-corrected chi connectivity index (χ1v) is 24.4. The van der Waals surface area contributed by atoms with Crippen molar-refractivity contribution in [2.24, 2.45) is 11.3 Å². The summed E-state index contributed by atoms with van der Waals surface area (Å²) in [7, 11) is 6.80. The number of nitrogens with zero attached hydrogens (tertiary/aromatic N) is 6. The molecule has 6 bridgehead atoms. The lowest BCUT2D eigenvalue weighted by Gasteiger charge is -2.37. The second kappa shape index (κ2) is 21.5. The molecule has 3 aliphatic heterocycles. The van der Waals surface area contributed by atoms with Crippen LogP contribution >= 0.6 is 0 Å². The minimum Gasteiger partial charge on any atom is -0.464 e. The quantitative estimate of drug-likeness (QED) is 0.151. The van der Waals surface area contributed by atoms with E-state index in [0.29, 0.717) is 39.0 Å². The molecule has 4 amide bonds. The van der Waals surface area contributed by atoms with Gasteiger partial charge in [-0.3, -0.25) is 38.9 Å². The zero-order valence-electron chi connectivity index (χ0n) is 42.5. The third-order valence-corrected chi connectivity index (χ3v) is 13.6. The highest BCUT2D eigenvalue weighted by Gasteiger charge is 2.48. The monoisotopic (exact) mass is 959 g/mol. The van der Waals surface area contributed by atoms with E-state index in [9.17, 15) is 29.1 Å². The number of benzene rings is 2. The van der Waals surface area contributed by atoms with E-state index in [2.05, 4.69) is 84.3 Å². The van der Waals surface area contributed by atoms with Crippen molar-refractivity contribution in [3.63, 3.8) is 0 Å². The number of nitrogens with one attached hydrogen (secondary N) is 2. The van der Waals surface area contributed by atoms with Crippen LogP contribution < -0.4 is 10.7 Å². The lowest BCUT2D eigenvalue weighted by atomic mass is 9.84. The first-order valence-electron chi connectivity index (χ1n) is 24.4. The Hall–Kier alpha value is -6.12. The molecule has 0 spiro atoms. The number of carbonyl (C=O) groups excluding carboxylic acids is 5. The second-order valence-electron chi connectivity index (χ2n) is 20.6. The van der Waals surface area contributed by atoms with Gasteiger partial charge in [0, 0.05) is 74.7 Å². The van der Waals surface area contributed by atoms with E-state index in [4.69, 9.17) is 14.5 Å². The summed E-state index contributed by atoms with van der Waals surface area (Å²) < 4.78 is 14.1. The molecule has 0 saturated carbocycles. The highest BCUT2D eigenvalue weighted by atomic mass is 16.5. The maximum Gasteiger partial charge on any atom is 0.324 e. The van der Waals surface area contributed by atoms with Gasteiger partial charge in [0.2, 0.25) is 5.91 Å². The minimum atomic E-state index is -1.94. The van der Waals surface area contributed by atoms with Gasteiger partial charge in [0.15, 0.2) is 5.60 Å². The molecule has 4 atom stereocenters. The van der Waals surface area contributed by atoms with Crippen molar-refractivity contribution in [2.75, 3.05) is 61.0 Å². The summed E-state index contributed by atoms with van der Waals surface area (Å²) in [5.41, 5.74) is 9.32. The van der Waals surface area contributed by atoms with E-state index in [-0.39, 0.29) is 39.1 Å². The molecule has 2 saturated heterocycles. The Morgan fingerprint density at radius 1 is 1.07 bits per heavy atom. The van der Waals surface area contributed by atoms with Crippen molar-refractivity contribution in [3.05, 3.63) is 77.1 Å². The van der Waals surface area contributed by atoms with E-state index in [1.165, 1.54) is 21.9 Å². The molecule has 1 unspecified atom stereocenters. The number of pyridine rings is 1. The van der Waals surface area contributed by atoms with Gasteiger partial charge in [0.1, 0.15) is 18.1 Å². The highest BCUT2D eigenvalue weighted by Crippen LogP contribution is 2.41. The Morgan fingerprint density at radius 3 is 2.56 bits per heavy atom. The summed E-state index contributed by atoms with van der Waals surface area (Å²) in [5.74, 6) is 2.22. The Labute approximate surface area is 412 Å². The van der Waals surface area contributed by atoms with Crippen molar-refractivity contribution < 1.29 is 38.6 Å². The summed E-state index contributed by atoms with van der Waals surface area (Å²) in [5, 5.41) is 17.2. The number of aromatic nitrogens is 2. The van der Waals surface area contributed by atoms with E-state index in [1.54, 1.807) is 27.2 Å². The van der Waals surface area contributed by atoms with Gasteiger partial charge in [-0.25, -0.2) is 5.43 Å². The SMILES string of the molecule is CCn1c(-c2cccnc2COC)c2c3cc(ccc31)-c1cc(C)cc(c1)C[C@H](NC(=O)[C@H](C(C)C)N(C)C(=O)C1(O)CCN(C(=O)C#CCN(C)C)C1)C(=O)N1CCC[C@H](N1)C(=O)OCC(C)(C)C2. The van der Waals surface area contributed by atoms with Crippen molar-refractivity contribution in [2.45, 2.75) is 111 Å². The number of cyclic esters (lactones) is 1. The van der Waals surface area contributed by atoms with Crippen LogP contribution in [0.5, 0.6) is 0 Å². The number of ether oxygens (including phenoxy) is 2. The molecule has 70 heavy (non-hydrogen) atoms.